The third kappa shape index (κ3) is 3.89. The Morgan fingerprint density at radius 3 is 2.48 bits per heavy atom. The molecule has 1 N–H and O–H groups in total. The largest absolute Gasteiger partial charge is 0.336 e. The first-order chi connectivity index (χ1) is 12.9. The predicted octanol–water partition coefficient (Wildman–Crippen LogP) is 2.49. The Morgan fingerprint density at radius 1 is 1.19 bits per heavy atom. The van der Waals surface area contributed by atoms with Gasteiger partial charge in [-0.05, 0) is 24.8 Å². The van der Waals surface area contributed by atoms with Gasteiger partial charge in [0.15, 0.2) is 0 Å². The lowest BCUT2D eigenvalue weighted by Crippen LogP contribution is -2.47. The molecule has 2 aromatic rings. The molecule has 1 amide bonds. The van der Waals surface area contributed by atoms with Crippen molar-refractivity contribution >= 4 is 5.91 Å². The van der Waals surface area contributed by atoms with Crippen LogP contribution in [0.2, 0.25) is 0 Å². The summed E-state index contributed by atoms with van der Waals surface area (Å²) in [4.78, 5) is 40.3. The van der Waals surface area contributed by atoms with E-state index < -0.39 is 11.2 Å². The molecule has 0 aliphatic heterocycles. The van der Waals surface area contributed by atoms with Crippen LogP contribution in [0, 0.1) is 5.92 Å². The van der Waals surface area contributed by atoms with E-state index in [0.717, 1.165) is 25.7 Å². The summed E-state index contributed by atoms with van der Waals surface area (Å²) in [6.45, 7) is 2.30. The molecule has 0 saturated heterocycles. The Bertz CT molecular complexity index is 895. The van der Waals surface area contributed by atoms with E-state index in [0.29, 0.717) is 13.0 Å². The summed E-state index contributed by atoms with van der Waals surface area (Å²) in [5.74, 6) is -0.117. The van der Waals surface area contributed by atoms with Crippen molar-refractivity contribution in [3.8, 4) is 0 Å². The maximum atomic E-state index is 13.1. The Kier molecular flexibility index (Phi) is 5.63. The summed E-state index contributed by atoms with van der Waals surface area (Å²) >= 11 is 0. The van der Waals surface area contributed by atoms with Crippen LogP contribution in [-0.2, 0) is 16.9 Å². The van der Waals surface area contributed by atoms with Crippen molar-refractivity contribution < 1.29 is 4.79 Å². The van der Waals surface area contributed by atoms with Gasteiger partial charge in [0.25, 0.3) is 5.56 Å². The number of benzene rings is 1. The first kappa shape index (κ1) is 19.1. The molecular formula is C21H27N3O3. The van der Waals surface area contributed by atoms with Gasteiger partial charge in [-0.2, -0.15) is 0 Å². The maximum Gasteiger partial charge on any atom is 0.328 e. The lowest BCUT2D eigenvalue weighted by atomic mass is 9.85. The van der Waals surface area contributed by atoms with Gasteiger partial charge in [0.1, 0.15) is 0 Å². The Morgan fingerprint density at radius 2 is 1.85 bits per heavy atom. The van der Waals surface area contributed by atoms with Crippen LogP contribution in [0.4, 0.5) is 0 Å². The number of carbonyl (C=O) groups excluding carboxylic acids is 1. The lowest BCUT2D eigenvalue weighted by Gasteiger charge is -2.41. The second-order valence-electron chi connectivity index (χ2n) is 7.50. The molecule has 1 saturated carbocycles. The highest BCUT2D eigenvalue weighted by atomic mass is 16.2. The standard InChI is InChI=1S/C21H27N3O3/c1-16(10-14-24-15-11-18(25)22-20(24)27)19(26)23(2)21(12-6-7-13-21)17-8-4-3-5-9-17/h3-5,8-9,11,15-16H,6-7,10,12-14H2,1-2H3,(H,22,25,27). The summed E-state index contributed by atoms with van der Waals surface area (Å²) < 4.78 is 1.44. The molecule has 1 aromatic carbocycles. The molecule has 1 aliphatic carbocycles. The fraction of sp³-hybridized carbons (Fsp3) is 0.476. The molecule has 1 aromatic heterocycles. The zero-order valence-corrected chi connectivity index (χ0v) is 16.0. The quantitative estimate of drug-likeness (QED) is 0.850. The van der Waals surface area contributed by atoms with Gasteiger partial charge in [-0.3, -0.25) is 14.6 Å². The number of nitrogens with zero attached hydrogens (tertiary/aromatic N) is 2. The number of hydrogen-bond acceptors (Lipinski definition) is 3. The van der Waals surface area contributed by atoms with E-state index >= 15 is 0 Å². The van der Waals surface area contributed by atoms with Gasteiger partial charge in [-0.1, -0.05) is 50.1 Å². The van der Waals surface area contributed by atoms with Crippen molar-refractivity contribution in [2.75, 3.05) is 7.05 Å². The Hall–Kier alpha value is -2.63. The molecule has 0 bridgehead atoms. The molecule has 1 fully saturated rings. The van der Waals surface area contributed by atoms with E-state index in [2.05, 4.69) is 17.1 Å². The Labute approximate surface area is 158 Å². The number of H-pyrrole nitrogens is 1. The minimum Gasteiger partial charge on any atom is -0.336 e. The number of aryl methyl sites for hydroxylation is 1. The van der Waals surface area contributed by atoms with Crippen LogP contribution >= 0.6 is 0 Å². The van der Waals surface area contributed by atoms with Gasteiger partial charge in [0.2, 0.25) is 5.91 Å². The average molecular weight is 369 g/mol. The number of carbonyl (C=O) groups is 1. The fourth-order valence-corrected chi connectivity index (χ4v) is 4.14. The van der Waals surface area contributed by atoms with Gasteiger partial charge in [0, 0.05) is 31.8 Å². The number of aromatic nitrogens is 2. The normalized spacial score (nSPS) is 16.8. The smallest absolute Gasteiger partial charge is 0.328 e. The molecule has 6 heteroatoms. The number of aromatic amines is 1. The van der Waals surface area contributed by atoms with Crippen molar-refractivity contribution in [2.24, 2.45) is 5.92 Å². The minimum atomic E-state index is -0.438. The Balaban J connectivity index is 1.73. The van der Waals surface area contributed by atoms with Crippen LogP contribution < -0.4 is 11.2 Å². The molecule has 1 unspecified atom stereocenters. The monoisotopic (exact) mass is 369 g/mol. The molecule has 1 heterocycles. The van der Waals surface area contributed by atoms with E-state index in [-0.39, 0.29) is 17.4 Å². The van der Waals surface area contributed by atoms with Gasteiger partial charge in [-0.15, -0.1) is 0 Å². The molecule has 6 nitrogen and oxygen atoms in total. The minimum absolute atomic E-state index is 0.0956. The second kappa shape index (κ2) is 7.94. The first-order valence-corrected chi connectivity index (χ1v) is 9.57. The maximum absolute atomic E-state index is 13.1. The average Bonchev–Trinajstić information content (AvgIpc) is 3.17. The van der Waals surface area contributed by atoms with E-state index in [4.69, 9.17) is 0 Å². The number of hydrogen-bond donors (Lipinski definition) is 1. The van der Waals surface area contributed by atoms with E-state index in [1.807, 2.05) is 37.1 Å². The number of nitrogens with one attached hydrogen (secondary N) is 1. The highest BCUT2D eigenvalue weighted by Crippen LogP contribution is 2.43. The molecule has 144 valence electrons. The molecule has 1 aliphatic rings. The SMILES string of the molecule is CC(CCn1ccc(=O)[nH]c1=O)C(=O)N(C)C1(c2ccccc2)CCCC1. The molecule has 0 radical (unpaired) electrons. The summed E-state index contributed by atoms with van der Waals surface area (Å²) in [6, 6.07) is 11.6. The number of rotatable bonds is 6. The van der Waals surface area contributed by atoms with E-state index in [1.165, 1.54) is 22.4 Å². The van der Waals surface area contributed by atoms with Gasteiger partial charge in [-0.25, -0.2) is 4.79 Å². The molecule has 0 spiro atoms. The second-order valence-corrected chi connectivity index (χ2v) is 7.50. The van der Waals surface area contributed by atoms with Crippen LogP contribution in [-0.4, -0.2) is 27.4 Å². The van der Waals surface area contributed by atoms with Crippen LogP contribution in [0.1, 0.15) is 44.6 Å². The van der Waals surface area contributed by atoms with Gasteiger partial charge in [0.05, 0.1) is 5.54 Å². The van der Waals surface area contributed by atoms with Crippen LogP contribution in [0.25, 0.3) is 0 Å². The van der Waals surface area contributed by atoms with Crippen molar-refractivity contribution in [1.82, 2.24) is 14.5 Å². The third-order valence-corrected chi connectivity index (χ3v) is 5.84. The topological polar surface area (TPSA) is 75.2 Å². The predicted molar refractivity (Wildman–Crippen MR) is 104 cm³/mol. The van der Waals surface area contributed by atoms with E-state index in [9.17, 15) is 14.4 Å². The lowest BCUT2D eigenvalue weighted by molar-refractivity contribution is -0.140. The van der Waals surface area contributed by atoms with Gasteiger partial charge < -0.3 is 9.47 Å². The first-order valence-electron chi connectivity index (χ1n) is 9.57. The summed E-state index contributed by atoms with van der Waals surface area (Å²) in [5, 5.41) is 0. The fourth-order valence-electron chi connectivity index (χ4n) is 4.14. The zero-order chi connectivity index (χ0) is 19.4. The van der Waals surface area contributed by atoms with E-state index in [1.54, 1.807) is 0 Å². The van der Waals surface area contributed by atoms with Crippen molar-refractivity contribution in [2.45, 2.75) is 51.1 Å². The summed E-state index contributed by atoms with van der Waals surface area (Å²) in [5.41, 5.74) is 0.113. The molecule has 27 heavy (non-hydrogen) atoms. The van der Waals surface area contributed by atoms with Crippen molar-refractivity contribution in [1.29, 1.82) is 0 Å². The van der Waals surface area contributed by atoms with Crippen LogP contribution in [0.3, 0.4) is 0 Å². The van der Waals surface area contributed by atoms with Crippen LogP contribution in [0.15, 0.2) is 52.2 Å². The van der Waals surface area contributed by atoms with Crippen molar-refractivity contribution in [3.63, 3.8) is 0 Å². The molecule has 1 atom stereocenters. The summed E-state index contributed by atoms with van der Waals surface area (Å²) in [6.07, 6.45) is 6.21. The third-order valence-electron chi connectivity index (χ3n) is 5.84. The van der Waals surface area contributed by atoms with Crippen LogP contribution in [0.5, 0.6) is 0 Å². The highest BCUT2D eigenvalue weighted by molar-refractivity contribution is 5.79. The molecular weight excluding hydrogens is 342 g/mol. The number of amides is 1. The molecule has 3 rings (SSSR count). The van der Waals surface area contributed by atoms with Gasteiger partial charge >= 0.3 is 5.69 Å². The van der Waals surface area contributed by atoms with Crippen molar-refractivity contribution in [3.05, 3.63) is 69.0 Å². The zero-order valence-electron chi connectivity index (χ0n) is 16.0. The highest BCUT2D eigenvalue weighted by Gasteiger charge is 2.42. The summed E-state index contributed by atoms with van der Waals surface area (Å²) in [7, 11) is 1.91.